The molecule has 0 radical (unpaired) electrons. The van der Waals surface area contributed by atoms with Crippen LogP contribution in [0.3, 0.4) is 0 Å². The average Bonchev–Trinajstić information content (AvgIpc) is 2.65. The van der Waals surface area contributed by atoms with Gasteiger partial charge in [-0.1, -0.05) is 13.8 Å². The van der Waals surface area contributed by atoms with Gasteiger partial charge in [0, 0.05) is 18.8 Å². The second-order valence-electron chi connectivity index (χ2n) is 3.70. The largest absolute Gasteiger partial charge is 0.311 e. The maximum atomic E-state index is 4.34. The first-order valence-corrected chi connectivity index (χ1v) is 5.52. The van der Waals surface area contributed by atoms with E-state index in [1.165, 1.54) is 12.1 Å². The summed E-state index contributed by atoms with van der Waals surface area (Å²) < 4.78 is 2.11. The van der Waals surface area contributed by atoms with Crippen molar-refractivity contribution >= 4 is 0 Å². The molecule has 1 rings (SSSR count). The van der Waals surface area contributed by atoms with Crippen LogP contribution >= 0.6 is 0 Å². The van der Waals surface area contributed by atoms with E-state index >= 15 is 0 Å². The van der Waals surface area contributed by atoms with Crippen molar-refractivity contribution in [2.24, 2.45) is 0 Å². The highest BCUT2D eigenvalue weighted by Crippen LogP contribution is 2.11. The Bertz CT molecular complexity index is 255. The van der Waals surface area contributed by atoms with E-state index in [4.69, 9.17) is 0 Å². The minimum atomic E-state index is 0.503. The maximum absolute atomic E-state index is 4.34. The Labute approximate surface area is 86.5 Å². The Balaban J connectivity index is 2.53. The normalized spacial score (nSPS) is 13.1. The van der Waals surface area contributed by atoms with Gasteiger partial charge in [-0.3, -0.25) is 4.68 Å². The Morgan fingerprint density at radius 3 is 2.93 bits per heavy atom. The number of rotatable bonds is 6. The Kier molecular flexibility index (Phi) is 4.66. The van der Waals surface area contributed by atoms with Crippen molar-refractivity contribution in [1.29, 1.82) is 0 Å². The summed E-state index contributed by atoms with van der Waals surface area (Å²) in [5, 5.41) is 7.74. The number of hydrogen-bond acceptors (Lipinski definition) is 2. The molecule has 0 aliphatic rings. The van der Waals surface area contributed by atoms with Crippen molar-refractivity contribution in [2.75, 3.05) is 6.54 Å². The monoisotopic (exact) mass is 195 g/mol. The van der Waals surface area contributed by atoms with E-state index in [2.05, 4.69) is 41.9 Å². The van der Waals surface area contributed by atoms with Gasteiger partial charge in [0.05, 0.1) is 5.69 Å². The summed E-state index contributed by atoms with van der Waals surface area (Å²) in [6.45, 7) is 8.58. The van der Waals surface area contributed by atoms with E-state index in [1.807, 2.05) is 6.20 Å². The van der Waals surface area contributed by atoms with Gasteiger partial charge in [0.2, 0.25) is 0 Å². The van der Waals surface area contributed by atoms with Crippen molar-refractivity contribution in [1.82, 2.24) is 15.1 Å². The van der Waals surface area contributed by atoms with Crippen molar-refractivity contribution in [3.05, 3.63) is 18.0 Å². The van der Waals surface area contributed by atoms with Gasteiger partial charge in [0.15, 0.2) is 0 Å². The quantitative estimate of drug-likeness (QED) is 0.706. The van der Waals surface area contributed by atoms with Gasteiger partial charge in [0.25, 0.3) is 0 Å². The fraction of sp³-hybridized carbons (Fsp3) is 0.727. The Hall–Kier alpha value is -0.830. The van der Waals surface area contributed by atoms with Crippen LogP contribution in [-0.4, -0.2) is 16.3 Å². The molecule has 0 unspecified atom stereocenters. The number of nitrogens with one attached hydrogen (secondary N) is 1. The lowest BCUT2D eigenvalue weighted by Gasteiger charge is -2.13. The molecule has 80 valence electrons. The van der Waals surface area contributed by atoms with Crippen molar-refractivity contribution in [3.8, 4) is 0 Å². The van der Waals surface area contributed by atoms with Crippen LogP contribution in [0.2, 0.25) is 0 Å². The summed E-state index contributed by atoms with van der Waals surface area (Å²) in [6, 6.07) is 2.60. The SMILES string of the molecule is CCCNCc1ccnn1[C@H](C)CC. The molecule has 1 aromatic heterocycles. The fourth-order valence-corrected chi connectivity index (χ4v) is 1.44. The minimum Gasteiger partial charge on any atom is -0.311 e. The maximum Gasteiger partial charge on any atom is 0.0525 e. The van der Waals surface area contributed by atoms with E-state index < -0.39 is 0 Å². The summed E-state index contributed by atoms with van der Waals surface area (Å²) in [7, 11) is 0. The predicted molar refractivity (Wildman–Crippen MR) is 59.2 cm³/mol. The van der Waals surface area contributed by atoms with Crippen LogP contribution in [0.1, 0.15) is 45.3 Å². The minimum absolute atomic E-state index is 0.503. The molecule has 14 heavy (non-hydrogen) atoms. The molecule has 1 heterocycles. The molecule has 0 bridgehead atoms. The van der Waals surface area contributed by atoms with Crippen LogP contribution in [0.5, 0.6) is 0 Å². The average molecular weight is 195 g/mol. The Morgan fingerprint density at radius 1 is 1.50 bits per heavy atom. The second-order valence-corrected chi connectivity index (χ2v) is 3.70. The number of aromatic nitrogens is 2. The summed E-state index contributed by atoms with van der Waals surface area (Å²) in [5.74, 6) is 0. The van der Waals surface area contributed by atoms with E-state index in [9.17, 15) is 0 Å². The zero-order chi connectivity index (χ0) is 10.4. The highest BCUT2D eigenvalue weighted by atomic mass is 15.3. The van der Waals surface area contributed by atoms with Crippen molar-refractivity contribution in [3.63, 3.8) is 0 Å². The third-order valence-electron chi connectivity index (χ3n) is 2.49. The molecule has 0 aliphatic heterocycles. The molecule has 0 saturated carbocycles. The van der Waals surface area contributed by atoms with E-state index in [-0.39, 0.29) is 0 Å². The van der Waals surface area contributed by atoms with Crippen LogP contribution < -0.4 is 5.32 Å². The summed E-state index contributed by atoms with van der Waals surface area (Å²) in [4.78, 5) is 0. The third-order valence-corrected chi connectivity index (χ3v) is 2.49. The Morgan fingerprint density at radius 2 is 2.29 bits per heavy atom. The lowest BCUT2D eigenvalue weighted by atomic mass is 10.2. The highest BCUT2D eigenvalue weighted by molar-refractivity contribution is 5.01. The van der Waals surface area contributed by atoms with Gasteiger partial charge in [-0.25, -0.2) is 0 Å². The number of nitrogens with zero attached hydrogens (tertiary/aromatic N) is 2. The van der Waals surface area contributed by atoms with Crippen LogP contribution in [0.15, 0.2) is 12.3 Å². The molecule has 0 amide bonds. The summed E-state index contributed by atoms with van der Waals surface area (Å²) in [5.41, 5.74) is 1.28. The molecule has 1 aromatic rings. The summed E-state index contributed by atoms with van der Waals surface area (Å²) in [6.07, 6.45) is 4.19. The number of hydrogen-bond donors (Lipinski definition) is 1. The molecule has 3 nitrogen and oxygen atoms in total. The van der Waals surface area contributed by atoms with E-state index in [0.717, 1.165) is 19.5 Å². The van der Waals surface area contributed by atoms with E-state index in [0.29, 0.717) is 6.04 Å². The molecule has 0 spiro atoms. The molecule has 3 heteroatoms. The summed E-state index contributed by atoms with van der Waals surface area (Å²) >= 11 is 0. The smallest absolute Gasteiger partial charge is 0.0525 e. The third kappa shape index (κ3) is 2.84. The van der Waals surface area contributed by atoms with Gasteiger partial charge in [0.1, 0.15) is 0 Å². The van der Waals surface area contributed by atoms with Gasteiger partial charge < -0.3 is 5.32 Å². The van der Waals surface area contributed by atoms with Gasteiger partial charge in [-0.2, -0.15) is 5.10 Å². The fourth-order valence-electron chi connectivity index (χ4n) is 1.44. The van der Waals surface area contributed by atoms with Crippen LogP contribution in [0.25, 0.3) is 0 Å². The van der Waals surface area contributed by atoms with Crippen LogP contribution in [-0.2, 0) is 6.54 Å². The molecular weight excluding hydrogens is 174 g/mol. The van der Waals surface area contributed by atoms with Crippen LogP contribution in [0, 0.1) is 0 Å². The standard InChI is InChI=1S/C11H21N3/c1-4-7-12-9-11-6-8-13-14(11)10(3)5-2/h6,8,10,12H,4-5,7,9H2,1-3H3/t10-/m1/s1. The first-order valence-electron chi connectivity index (χ1n) is 5.52. The lowest BCUT2D eigenvalue weighted by Crippen LogP contribution is -2.18. The molecule has 0 aromatic carbocycles. The molecule has 0 aliphatic carbocycles. The predicted octanol–water partition coefficient (Wildman–Crippen LogP) is 2.35. The molecule has 0 fully saturated rings. The van der Waals surface area contributed by atoms with Gasteiger partial charge in [-0.15, -0.1) is 0 Å². The van der Waals surface area contributed by atoms with Gasteiger partial charge >= 0.3 is 0 Å². The lowest BCUT2D eigenvalue weighted by molar-refractivity contribution is 0.452. The second kappa shape index (κ2) is 5.81. The zero-order valence-corrected chi connectivity index (χ0v) is 9.45. The molecular formula is C11H21N3. The molecule has 0 saturated heterocycles. The van der Waals surface area contributed by atoms with Gasteiger partial charge in [-0.05, 0) is 32.4 Å². The highest BCUT2D eigenvalue weighted by Gasteiger charge is 2.06. The molecule has 1 N–H and O–H groups in total. The zero-order valence-electron chi connectivity index (χ0n) is 9.45. The first-order chi connectivity index (χ1) is 6.79. The van der Waals surface area contributed by atoms with Crippen molar-refractivity contribution < 1.29 is 0 Å². The van der Waals surface area contributed by atoms with E-state index in [1.54, 1.807) is 0 Å². The van der Waals surface area contributed by atoms with Crippen molar-refractivity contribution in [2.45, 2.75) is 46.2 Å². The molecule has 1 atom stereocenters. The topological polar surface area (TPSA) is 29.9 Å². The first kappa shape index (κ1) is 11.2. The van der Waals surface area contributed by atoms with Crippen LogP contribution in [0.4, 0.5) is 0 Å².